The van der Waals surface area contributed by atoms with Crippen LogP contribution in [0.4, 0.5) is 4.39 Å². The first-order valence-electron chi connectivity index (χ1n) is 6.18. The molecule has 1 heterocycles. The lowest BCUT2D eigenvalue weighted by Crippen LogP contribution is -1.87. The number of phenols is 1. The number of phenolic OH excluding ortho intramolecular Hbond substituents is 1. The lowest BCUT2D eigenvalue weighted by Gasteiger charge is -2.08. The maximum atomic E-state index is 13.4. The first kappa shape index (κ1) is 12.6. The van der Waals surface area contributed by atoms with Crippen LogP contribution >= 0.6 is 0 Å². The highest BCUT2D eigenvalue weighted by Gasteiger charge is 2.12. The lowest BCUT2D eigenvalue weighted by molar-refractivity contribution is 0.273. The molecule has 3 N–H and O–H groups in total. The van der Waals surface area contributed by atoms with Crippen molar-refractivity contribution in [2.24, 2.45) is 0 Å². The topological polar surface area (TPSA) is 69.1 Å². The molecule has 0 spiro atoms. The highest BCUT2D eigenvalue weighted by atomic mass is 19.1. The number of aromatic amines is 1. The highest BCUT2D eigenvalue weighted by molar-refractivity contribution is 5.84. The Hall–Kier alpha value is -2.40. The van der Waals surface area contributed by atoms with E-state index in [0.29, 0.717) is 11.4 Å². The van der Waals surface area contributed by atoms with Gasteiger partial charge in [0.15, 0.2) is 0 Å². The number of nitrogens with one attached hydrogen (secondary N) is 1. The summed E-state index contributed by atoms with van der Waals surface area (Å²) in [6, 6.07) is 8.28. The fraction of sp³-hybridized carbons (Fsp3) is 0.133. The number of hydrogen-bond donors (Lipinski definition) is 3. The standard InChI is InChI=1S/C15H13FN2O2/c1-8-11(16)4-3-10(15(8)20)9-2-5-12-13(6-9)18-14(7-19)17-12/h2-6,19-20H,7H2,1H3,(H,17,18). The molecular formula is C15H13FN2O2. The van der Waals surface area contributed by atoms with E-state index in [1.807, 2.05) is 6.07 Å². The lowest BCUT2D eigenvalue weighted by atomic mass is 10.0. The summed E-state index contributed by atoms with van der Waals surface area (Å²) in [6.07, 6.45) is 0. The molecule has 0 saturated heterocycles. The first-order chi connectivity index (χ1) is 9.60. The molecule has 0 saturated carbocycles. The minimum Gasteiger partial charge on any atom is -0.507 e. The first-order valence-corrected chi connectivity index (χ1v) is 6.18. The van der Waals surface area contributed by atoms with Crippen molar-refractivity contribution < 1.29 is 14.6 Å². The van der Waals surface area contributed by atoms with E-state index in [2.05, 4.69) is 9.97 Å². The molecule has 3 aromatic rings. The second-order valence-corrected chi connectivity index (χ2v) is 4.64. The van der Waals surface area contributed by atoms with Crippen LogP contribution in [0.3, 0.4) is 0 Å². The van der Waals surface area contributed by atoms with Crippen molar-refractivity contribution in [1.29, 1.82) is 0 Å². The van der Waals surface area contributed by atoms with Gasteiger partial charge in [-0.1, -0.05) is 6.07 Å². The molecule has 3 rings (SSSR count). The number of aromatic hydroxyl groups is 1. The molecule has 0 atom stereocenters. The Balaban J connectivity index is 2.17. The van der Waals surface area contributed by atoms with Crippen LogP contribution in [0.5, 0.6) is 5.75 Å². The SMILES string of the molecule is Cc1c(F)ccc(-c2ccc3nc(CO)[nH]c3c2)c1O. The van der Waals surface area contributed by atoms with Crippen molar-refractivity contribution in [1.82, 2.24) is 9.97 Å². The molecule has 0 fully saturated rings. The van der Waals surface area contributed by atoms with E-state index in [1.165, 1.54) is 13.0 Å². The van der Waals surface area contributed by atoms with Gasteiger partial charge in [-0.05, 0) is 36.8 Å². The maximum Gasteiger partial charge on any atom is 0.133 e. The minimum atomic E-state index is -0.434. The van der Waals surface area contributed by atoms with Crippen molar-refractivity contribution in [3.8, 4) is 16.9 Å². The second-order valence-electron chi connectivity index (χ2n) is 4.64. The number of aliphatic hydroxyl groups excluding tert-OH is 1. The smallest absolute Gasteiger partial charge is 0.133 e. The van der Waals surface area contributed by atoms with Crippen molar-refractivity contribution in [3.63, 3.8) is 0 Å². The molecule has 0 aliphatic rings. The Morgan fingerprint density at radius 1 is 1.25 bits per heavy atom. The van der Waals surface area contributed by atoms with Crippen LogP contribution in [0.2, 0.25) is 0 Å². The van der Waals surface area contributed by atoms with Gasteiger partial charge in [0.05, 0.1) is 11.0 Å². The predicted molar refractivity (Wildman–Crippen MR) is 73.8 cm³/mol. The van der Waals surface area contributed by atoms with Gasteiger partial charge in [0.1, 0.15) is 24.0 Å². The van der Waals surface area contributed by atoms with Crippen LogP contribution in [0.25, 0.3) is 22.2 Å². The zero-order chi connectivity index (χ0) is 14.3. The average Bonchev–Trinajstić information content (AvgIpc) is 2.87. The molecule has 20 heavy (non-hydrogen) atoms. The molecule has 5 heteroatoms. The number of hydrogen-bond acceptors (Lipinski definition) is 3. The van der Waals surface area contributed by atoms with E-state index in [1.54, 1.807) is 18.2 Å². The van der Waals surface area contributed by atoms with Crippen LogP contribution < -0.4 is 0 Å². The zero-order valence-corrected chi connectivity index (χ0v) is 10.8. The third-order valence-electron chi connectivity index (χ3n) is 3.36. The van der Waals surface area contributed by atoms with Gasteiger partial charge in [-0.2, -0.15) is 0 Å². The molecule has 2 aromatic carbocycles. The molecule has 4 nitrogen and oxygen atoms in total. The normalized spacial score (nSPS) is 11.2. The number of H-pyrrole nitrogens is 1. The van der Waals surface area contributed by atoms with Gasteiger partial charge in [-0.25, -0.2) is 9.37 Å². The van der Waals surface area contributed by atoms with Gasteiger partial charge in [-0.15, -0.1) is 0 Å². The van der Waals surface area contributed by atoms with Gasteiger partial charge in [0, 0.05) is 11.1 Å². The number of aromatic nitrogens is 2. The minimum absolute atomic E-state index is 0.0637. The highest BCUT2D eigenvalue weighted by Crippen LogP contribution is 2.34. The number of nitrogens with zero attached hydrogens (tertiary/aromatic N) is 1. The Morgan fingerprint density at radius 2 is 2.05 bits per heavy atom. The van der Waals surface area contributed by atoms with E-state index >= 15 is 0 Å². The van der Waals surface area contributed by atoms with Crippen molar-refractivity contribution >= 4 is 11.0 Å². The van der Waals surface area contributed by atoms with Crippen LogP contribution in [-0.4, -0.2) is 20.2 Å². The largest absolute Gasteiger partial charge is 0.507 e. The molecular weight excluding hydrogens is 259 g/mol. The van der Waals surface area contributed by atoms with E-state index in [-0.39, 0.29) is 17.9 Å². The monoisotopic (exact) mass is 272 g/mol. The quantitative estimate of drug-likeness (QED) is 0.672. The number of imidazole rings is 1. The number of aliphatic hydroxyl groups is 1. The number of fused-ring (bicyclic) bond motifs is 1. The number of benzene rings is 2. The molecule has 0 aliphatic heterocycles. The zero-order valence-electron chi connectivity index (χ0n) is 10.8. The maximum absolute atomic E-state index is 13.4. The van der Waals surface area contributed by atoms with Gasteiger partial charge < -0.3 is 15.2 Å². The molecule has 0 aliphatic carbocycles. The van der Waals surface area contributed by atoms with E-state index in [4.69, 9.17) is 5.11 Å². The Kier molecular flexibility index (Phi) is 2.91. The fourth-order valence-electron chi connectivity index (χ4n) is 2.21. The summed E-state index contributed by atoms with van der Waals surface area (Å²) in [5.74, 6) is -0.0145. The number of halogens is 1. The molecule has 102 valence electrons. The van der Waals surface area contributed by atoms with E-state index in [0.717, 1.165) is 16.6 Å². The van der Waals surface area contributed by atoms with Crippen LogP contribution in [0.1, 0.15) is 11.4 Å². The van der Waals surface area contributed by atoms with E-state index in [9.17, 15) is 9.50 Å². The second kappa shape index (κ2) is 4.61. The third-order valence-corrected chi connectivity index (χ3v) is 3.36. The number of rotatable bonds is 2. The fourth-order valence-corrected chi connectivity index (χ4v) is 2.21. The van der Waals surface area contributed by atoms with Crippen molar-refractivity contribution in [3.05, 3.63) is 47.5 Å². The van der Waals surface area contributed by atoms with Crippen molar-refractivity contribution in [2.75, 3.05) is 0 Å². The summed E-state index contributed by atoms with van der Waals surface area (Å²) in [6.45, 7) is 1.37. The molecule has 0 radical (unpaired) electrons. The molecule has 1 aromatic heterocycles. The van der Waals surface area contributed by atoms with E-state index < -0.39 is 5.82 Å². The summed E-state index contributed by atoms with van der Waals surface area (Å²) in [5.41, 5.74) is 3.03. The van der Waals surface area contributed by atoms with Crippen LogP contribution in [-0.2, 0) is 6.61 Å². The summed E-state index contributed by atoms with van der Waals surface area (Å²) >= 11 is 0. The summed E-state index contributed by atoms with van der Waals surface area (Å²) in [7, 11) is 0. The van der Waals surface area contributed by atoms with Gasteiger partial charge in [0.25, 0.3) is 0 Å². The van der Waals surface area contributed by atoms with Gasteiger partial charge >= 0.3 is 0 Å². The molecule has 0 bridgehead atoms. The predicted octanol–water partition coefficient (Wildman–Crippen LogP) is 2.88. The Labute approximate surface area is 114 Å². The van der Waals surface area contributed by atoms with Gasteiger partial charge in [0.2, 0.25) is 0 Å². The molecule has 0 unspecified atom stereocenters. The summed E-state index contributed by atoms with van der Waals surface area (Å²) in [5, 5.41) is 19.1. The summed E-state index contributed by atoms with van der Waals surface area (Å²) in [4.78, 5) is 7.18. The molecule has 0 amide bonds. The van der Waals surface area contributed by atoms with Crippen LogP contribution in [0, 0.1) is 12.7 Å². The summed E-state index contributed by atoms with van der Waals surface area (Å²) < 4.78 is 13.4. The average molecular weight is 272 g/mol. The van der Waals surface area contributed by atoms with Gasteiger partial charge in [-0.3, -0.25) is 0 Å². The Bertz CT molecular complexity index is 796. The Morgan fingerprint density at radius 3 is 2.80 bits per heavy atom. The van der Waals surface area contributed by atoms with Crippen LogP contribution in [0.15, 0.2) is 30.3 Å². The third kappa shape index (κ3) is 1.92. The van der Waals surface area contributed by atoms with Crippen molar-refractivity contribution in [2.45, 2.75) is 13.5 Å².